The lowest BCUT2D eigenvalue weighted by Gasteiger charge is -2.42. The summed E-state index contributed by atoms with van der Waals surface area (Å²) in [6.07, 6.45) is 2.80. The van der Waals surface area contributed by atoms with Crippen molar-refractivity contribution in [3.8, 4) is 5.88 Å². The third-order valence-electron chi connectivity index (χ3n) is 4.80. The van der Waals surface area contributed by atoms with E-state index >= 15 is 0 Å². The summed E-state index contributed by atoms with van der Waals surface area (Å²) in [5.74, 6) is 1.95. The summed E-state index contributed by atoms with van der Waals surface area (Å²) in [5, 5.41) is 3.26. The van der Waals surface area contributed by atoms with E-state index < -0.39 is 0 Å². The fourth-order valence-corrected chi connectivity index (χ4v) is 3.28. The zero-order chi connectivity index (χ0) is 14.3. The zero-order valence-corrected chi connectivity index (χ0v) is 12.5. The summed E-state index contributed by atoms with van der Waals surface area (Å²) >= 11 is 0. The van der Waals surface area contributed by atoms with Gasteiger partial charge in [-0.15, -0.1) is 0 Å². The molecule has 3 heterocycles. The molecule has 3 N–H and O–H groups in total. The minimum absolute atomic E-state index is 0.217. The molecule has 1 aromatic heterocycles. The maximum absolute atomic E-state index is 6.32. The first-order valence-electron chi connectivity index (χ1n) is 7.44. The van der Waals surface area contributed by atoms with Crippen LogP contribution >= 0.6 is 0 Å². The molecular formula is C15H24N4O. The summed E-state index contributed by atoms with van der Waals surface area (Å²) in [6, 6.07) is 0.217. The van der Waals surface area contributed by atoms with Crippen LogP contribution in [0.2, 0.25) is 0 Å². The van der Waals surface area contributed by atoms with E-state index in [4.69, 9.17) is 10.5 Å². The van der Waals surface area contributed by atoms with Crippen LogP contribution in [0.25, 0.3) is 0 Å². The van der Waals surface area contributed by atoms with E-state index in [1.165, 1.54) is 11.3 Å². The lowest BCUT2D eigenvalue weighted by Crippen LogP contribution is -2.52. The normalized spacial score (nSPS) is 29.0. The van der Waals surface area contributed by atoms with Gasteiger partial charge in [0.2, 0.25) is 5.88 Å². The molecule has 110 valence electrons. The Labute approximate surface area is 120 Å². The second-order valence-corrected chi connectivity index (χ2v) is 6.06. The molecule has 0 amide bonds. The van der Waals surface area contributed by atoms with E-state index in [0.29, 0.717) is 11.8 Å². The third-order valence-corrected chi connectivity index (χ3v) is 4.80. The van der Waals surface area contributed by atoms with Gasteiger partial charge in [-0.1, -0.05) is 13.8 Å². The first-order chi connectivity index (χ1) is 9.61. The van der Waals surface area contributed by atoms with E-state index in [1.807, 2.05) is 13.2 Å². The van der Waals surface area contributed by atoms with Crippen molar-refractivity contribution >= 4 is 11.4 Å². The first-order valence-corrected chi connectivity index (χ1v) is 7.44. The Morgan fingerprint density at radius 2 is 2.20 bits per heavy atom. The molecule has 0 spiro atoms. The standard InChI is InChI=1S/C15H24N4O/c1-9-7-19(8-12(16)10(9)2)14-11-4-5-20-15(11)18-6-13(14)17-3/h6,9-10,12,17H,4-5,7-8,16H2,1-3H3/t9?,10?,12-/m1/s1. The maximum Gasteiger partial charge on any atom is 0.218 e. The molecule has 0 bridgehead atoms. The van der Waals surface area contributed by atoms with Crippen LogP contribution < -0.4 is 20.7 Å². The predicted molar refractivity (Wildman–Crippen MR) is 81.5 cm³/mol. The minimum atomic E-state index is 0.217. The molecular weight excluding hydrogens is 252 g/mol. The van der Waals surface area contributed by atoms with Crippen LogP contribution in [0, 0.1) is 11.8 Å². The summed E-state index contributed by atoms with van der Waals surface area (Å²) in [5.41, 5.74) is 9.86. The number of fused-ring (bicyclic) bond motifs is 1. The Balaban J connectivity index is 1.99. The molecule has 2 unspecified atom stereocenters. The molecule has 0 radical (unpaired) electrons. The van der Waals surface area contributed by atoms with Crippen LogP contribution in [0.15, 0.2) is 6.20 Å². The van der Waals surface area contributed by atoms with Crippen molar-refractivity contribution in [3.63, 3.8) is 0 Å². The number of nitrogens with one attached hydrogen (secondary N) is 1. The van der Waals surface area contributed by atoms with Crippen molar-refractivity contribution < 1.29 is 4.74 Å². The molecule has 2 aliphatic heterocycles. The molecule has 0 saturated carbocycles. The Bertz CT molecular complexity index is 493. The first kappa shape index (κ1) is 13.5. The van der Waals surface area contributed by atoms with Crippen LogP contribution in [0.1, 0.15) is 19.4 Å². The van der Waals surface area contributed by atoms with E-state index in [9.17, 15) is 0 Å². The number of hydrogen-bond donors (Lipinski definition) is 2. The molecule has 1 aromatic rings. The van der Waals surface area contributed by atoms with Gasteiger partial charge in [-0.2, -0.15) is 0 Å². The lowest BCUT2D eigenvalue weighted by molar-refractivity contribution is 0.284. The predicted octanol–water partition coefficient (Wildman–Crippen LogP) is 1.48. The van der Waals surface area contributed by atoms with Gasteiger partial charge in [-0.05, 0) is 11.8 Å². The number of ether oxygens (including phenoxy) is 1. The van der Waals surface area contributed by atoms with Gasteiger partial charge in [0.05, 0.1) is 24.2 Å². The summed E-state index contributed by atoms with van der Waals surface area (Å²) < 4.78 is 5.61. The van der Waals surface area contributed by atoms with Crippen LogP contribution in [0.3, 0.4) is 0 Å². The van der Waals surface area contributed by atoms with Gasteiger partial charge in [-0.3, -0.25) is 0 Å². The number of hydrogen-bond acceptors (Lipinski definition) is 5. The topological polar surface area (TPSA) is 63.4 Å². The molecule has 1 fully saturated rings. The quantitative estimate of drug-likeness (QED) is 0.856. The van der Waals surface area contributed by atoms with Crippen molar-refractivity contribution in [3.05, 3.63) is 11.8 Å². The zero-order valence-electron chi connectivity index (χ0n) is 12.5. The molecule has 5 heteroatoms. The van der Waals surface area contributed by atoms with Crippen molar-refractivity contribution in [2.75, 3.05) is 37.0 Å². The molecule has 0 aromatic carbocycles. The van der Waals surface area contributed by atoms with Gasteiger partial charge in [-0.25, -0.2) is 4.98 Å². The van der Waals surface area contributed by atoms with Gasteiger partial charge < -0.3 is 20.7 Å². The smallest absolute Gasteiger partial charge is 0.218 e. The Morgan fingerprint density at radius 1 is 1.40 bits per heavy atom. The maximum atomic E-state index is 6.32. The molecule has 3 atom stereocenters. The fourth-order valence-electron chi connectivity index (χ4n) is 3.28. The van der Waals surface area contributed by atoms with Crippen LogP contribution in [0.4, 0.5) is 11.4 Å². The second kappa shape index (κ2) is 5.13. The number of anilines is 2. The molecule has 1 saturated heterocycles. The van der Waals surface area contributed by atoms with Crippen molar-refractivity contribution in [1.82, 2.24) is 4.98 Å². The van der Waals surface area contributed by atoms with Crippen molar-refractivity contribution in [2.24, 2.45) is 17.6 Å². The largest absolute Gasteiger partial charge is 0.477 e. The Hall–Kier alpha value is -1.49. The van der Waals surface area contributed by atoms with Gasteiger partial charge in [0.15, 0.2) is 0 Å². The molecule has 2 aliphatic rings. The molecule has 5 nitrogen and oxygen atoms in total. The fraction of sp³-hybridized carbons (Fsp3) is 0.667. The van der Waals surface area contributed by atoms with E-state index in [-0.39, 0.29) is 6.04 Å². The van der Waals surface area contributed by atoms with Gasteiger partial charge in [0.1, 0.15) is 0 Å². The average molecular weight is 276 g/mol. The van der Waals surface area contributed by atoms with E-state index in [0.717, 1.165) is 37.7 Å². The molecule has 20 heavy (non-hydrogen) atoms. The van der Waals surface area contributed by atoms with Gasteiger partial charge in [0, 0.05) is 38.2 Å². The summed E-state index contributed by atoms with van der Waals surface area (Å²) in [6.45, 7) is 7.21. The highest BCUT2D eigenvalue weighted by Gasteiger charge is 2.33. The Morgan fingerprint density at radius 3 is 2.90 bits per heavy atom. The Kier molecular flexibility index (Phi) is 3.46. The van der Waals surface area contributed by atoms with E-state index in [1.54, 1.807) is 0 Å². The summed E-state index contributed by atoms with van der Waals surface area (Å²) in [7, 11) is 1.94. The van der Waals surface area contributed by atoms with E-state index in [2.05, 4.69) is 29.0 Å². The minimum Gasteiger partial charge on any atom is -0.477 e. The van der Waals surface area contributed by atoms with Gasteiger partial charge >= 0.3 is 0 Å². The number of aromatic nitrogens is 1. The van der Waals surface area contributed by atoms with Gasteiger partial charge in [0.25, 0.3) is 0 Å². The summed E-state index contributed by atoms with van der Waals surface area (Å²) in [4.78, 5) is 6.81. The number of rotatable bonds is 2. The highest BCUT2D eigenvalue weighted by molar-refractivity contribution is 5.75. The van der Waals surface area contributed by atoms with Crippen molar-refractivity contribution in [1.29, 1.82) is 0 Å². The highest BCUT2D eigenvalue weighted by Crippen LogP contribution is 2.40. The molecule has 3 rings (SSSR count). The van der Waals surface area contributed by atoms with Crippen LogP contribution in [-0.4, -0.2) is 37.8 Å². The van der Waals surface area contributed by atoms with Crippen LogP contribution in [0.5, 0.6) is 5.88 Å². The SMILES string of the molecule is CNc1cnc2c(c1N1CC(C)C(C)[C@H](N)C1)CCO2. The molecule has 0 aliphatic carbocycles. The third kappa shape index (κ3) is 2.10. The monoisotopic (exact) mass is 276 g/mol. The lowest BCUT2D eigenvalue weighted by atomic mass is 9.84. The highest BCUT2D eigenvalue weighted by atomic mass is 16.5. The number of pyridine rings is 1. The van der Waals surface area contributed by atoms with Crippen molar-refractivity contribution in [2.45, 2.75) is 26.3 Å². The number of nitrogens with two attached hydrogens (primary N) is 1. The average Bonchev–Trinajstić information content (AvgIpc) is 2.91. The van der Waals surface area contributed by atoms with Crippen LogP contribution in [-0.2, 0) is 6.42 Å². The number of piperidine rings is 1. The number of nitrogens with zero attached hydrogens (tertiary/aromatic N) is 2. The second-order valence-electron chi connectivity index (χ2n) is 6.06.